The normalized spacial score (nSPS) is 16.3. The van der Waals surface area contributed by atoms with Gasteiger partial charge in [-0.05, 0) is 46.6 Å². The van der Waals surface area contributed by atoms with Crippen LogP contribution >= 0.6 is 0 Å². The van der Waals surface area contributed by atoms with Crippen LogP contribution in [-0.4, -0.2) is 68.5 Å². The fourth-order valence-electron chi connectivity index (χ4n) is 3.74. The number of esters is 1. The molecule has 0 radical (unpaired) electrons. The van der Waals surface area contributed by atoms with Crippen LogP contribution in [0.2, 0.25) is 0 Å². The molecule has 1 unspecified atom stereocenters. The Morgan fingerprint density at radius 1 is 1.31 bits per heavy atom. The van der Waals surface area contributed by atoms with E-state index in [-0.39, 0.29) is 41.3 Å². The van der Waals surface area contributed by atoms with Crippen LogP contribution in [0.15, 0.2) is 23.3 Å². The van der Waals surface area contributed by atoms with Gasteiger partial charge in [-0.15, -0.1) is 0 Å². The zero-order valence-electron chi connectivity index (χ0n) is 18.7. The standard InChI is InChI=1S/C21H28BN3O7/c1-5-31-19(27)16-12-24(18-15(17(16)26)9-13(10-23-18)22(29)30)11-14-7-6-8-25(14)20(28)32-21(2,3)4/h9-10,12,14,29-30H,5-8,11H2,1-4H3. The molecule has 1 fully saturated rings. The number of nitrogens with zero attached hydrogens (tertiary/aromatic N) is 3. The molecule has 2 N–H and O–H groups in total. The molecule has 0 saturated carbocycles. The predicted molar refractivity (Wildman–Crippen MR) is 118 cm³/mol. The van der Waals surface area contributed by atoms with Crippen molar-refractivity contribution in [2.45, 2.75) is 58.7 Å². The quantitative estimate of drug-likeness (QED) is 0.507. The number of rotatable bonds is 5. The third kappa shape index (κ3) is 5.10. The summed E-state index contributed by atoms with van der Waals surface area (Å²) >= 11 is 0. The van der Waals surface area contributed by atoms with E-state index < -0.39 is 30.2 Å². The van der Waals surface area contributed by atoms with E-state index in [0.29, 0.717) is 6.54 Å². The highest BCUT2D eigenvalue weighted by Gasteiger charge is 2.33. The van der Waals surface area contributed by atoms with Gasteiger partial charge in [0.25, 0.3) is 0 Å². The lowest BCUT2D eigenvalue weighted by Gasteiger charge is -2.29. The lowest BCUT2D eigenvalue weighted by Crippen LogP contribution is -2.41. The summed E-state index contributed by atoms with van der Waals surface area (Å²) in [6.45, 7) is 7.94. The molecular formula is C21H28BN3O7. The number of hydrogen-bond acceptors (Lipinski definition) is 8. The molecule has 1 aliphatic rings. The third-order valence-corrected chi connectivity index (χ3v) is 5.14. The largest absolute Gasteiger partial charge is 0.490 e. The van der Waals surface area contributed by atoms with Crippen molar-refractivity contribution in [2.75, 3.05) is 13.2 Å². The topological polar surface area (TPSA) is 131 Å². The van der Waals surface area contributed by atoms with Gasteiger partial charge in [0, 0.05) is 30.9 Å². The summed E-state index contributed by atoms with van der Waals surface area (Å²) in [6.07, 6.45) is 3.73. The maximum absolute atomic E-state index is 12.9. The Balaban J connectivity index is 2.04. The van der Waals surface area contributed by atoms with Crippen molar-refractivity contribution in [3.05, 3.63) is 34.2 Å². The minimum Gasteiger partial charge on any atom is -0.462 e. The van der Waals surface area contributed by atoms with Crippen LogP contribution in [0.1, 0.15) is 50.9 Å². The summed E-state index contributed by atoms with van der Waals surface area (Å²) in [7, 11) is -1.82. The monoisotopic (exact) mass is 445 g/mol. The Morgan fingerprint density at radius 2 is 2.03 bits per heavy atom. The van der Waals surface area contributed by atoms with Gasteiger partial charge >= 0.3 is 19.2 Å². The van der Waals surface area contributed by atoms with Crippen LogP contribution in [0.4, 0.5) is 4.79 Å². The highest BCUT2D eigenvalue weighted by Crippen LogP contribution is 2.23. The van der Waals surface area contributed by atoms with Crippen molar-refractivity contribution < 1.29 is 29.1 Å². The number of carbonyl (C=O) groups excluding carboxylic acids is 2. The minimum atomic E-state index is -1.82. The second kappa shape index (κ2) is 9.29. The fraction of sp³-hybridized carbons (Fsp3) is 0.524. The van der Waals surface area contributed by atoms with Crippen molar-refractivity contribution in [3.8, 4) is 0 Å². The summed E-state index contributed by atoms with van der Waals surface area (Å²) in [6, 6.07) is 1.07. The first-order valence-electron chi connectivity index (χ1n) is 10.6. The molecule has 2 aromatic rings. The number of fused-ring (bicyclic) bond motifs is 1. The first-order valence-corrected chi connectivity index (χ1v) is 10.6. The average Bonchev–Trinajstić information content (AvgIpc) is 3.17. The van der Waals surface area contributed by atoms with Crippen molar-refractivity contribution in [1.29, 1.82) is 0 Å². The van der Waals surface area contributed by atoms with Gasteiger partial charge in [-0.3, -0.25) is 4.79 Å². The number of carbonyl (C=O) groups is 2. The number of ether oxygens (including phenoxy) is 2. The molecule has 11 heteroatoms. The van der Waals surface area contributed by atoms with Gasteiger partial charge in [0.1, 0.15) is 16.8 Å². The molecule has 1 aliphatic heterocycles. The molecule has 0 spiro atoms. The number of pyridine rings is 2. The molecule has 0 aliphatic carbocycles. The Bertz CT molecular complexity index is 1080. The molecule has 1 saturated heterocycles. The number of amides is 1. The maximum Gasteiger partial charge on any atom is 0.490 e. The molecular weight excluding hydrogens is 417 g/mol. The SMILES string of the molecule is CCOC(=O)c1cn(CC2CCCN2C(=O)OC(C)(C)C)c2ncc(B(O)O)cc2c1=O. The zero-order valence-corrected chi connectivity index (χ0v) is 18.7. The summed E-state index contributed by atoms with van der Waals surface area (Å²) in [5.74, 6) is -0.779. The van der Waals surface area contributed by atoms with E-state index >= 15 is 0 Å². The summed E-state index contributed by atoms with van der Waals surface area (Å²) in [5.41, 5.74) is -1.14. The Morgan fingerprint density at radius 3 is 2.66 bits per heavy atom. The fourth-order valence-corrected chi connectivity index (χ4v) is 3.74. The molecule has 2 aromatic heterocycles. The van der Waals surface area contributed by atoms with E-state index in [1.54, 1.807) is 37.2 Å². The lowest BCUT2D eigenvalue weighted by atomic mass is 9.81. The Hall–Kier alpha value is -2.92. The zero-order chi connectivity index (χ0) is 23.6. The summed E-state index contributed by atoms with van der Waals surface area (Å²) in [4.78, 5) is 43.9. The van der Waals surface area contributed by atoms with E-state index in [9.17, 15) is 24.4 Å². The van der Waals surface area contributed by atoms with Gasteiger partial charge in [0.15, 0.2) is 0 Å². The van der Waals surface area contributed by atoms with Gasteiger partial charge in [0.2, 0.25) is 5.43 Å². The van der Waals surface area contributed by atoms with E-state index in [2.05, 4.69) is 4.98 Å². The predicted octanol–water partition coefficient (Wildman–Crippen LogP) is 0.652. The molecule has 3 rings (SSSR count). The second-order valence-corrected chi connectivity index (χ2v) is 8.73. The molecule has 1 amide bonds. The maximum atomic E-state index is 12.9. The van der Waals surface area contributed by atoms with Crippen LogP contribution < -0.4 is 10.9 Å². The molecule has 0 aromatic carbocycles. The van der Waals surface area contributed by atoms with Gasteiger partial charge < -0.3 is 29.0 Å². The smallest absolute Gasteiger partial charge is 0.462 e. The first kappa shape index (κ1) is 23.7. The van der Waals surface area contributed by atoms with Crippen molar-refractivity contribution in [2.24, 2.45) is 0 Å². The second-order valence-electron chi connectivity index (χ2n) is 8.73. The van der Waals surface area contributed by atoms with Crippen LogP contribution in [0.3, 0.4) is 0 Å². The van der Waals surface area contributed by atoms with Gasteiger partial charge in [-0.1, -0.05) is 0 Å². The van der Waals surface area contributed by atoms with E-state index in [1.807, 2.05) is 0 Å². The van der Waals surface area contributed by atoms with Crippen LogP contribution in [0.5, 0.6) is 0 Å². The van der Waals surface area contributed by atoms with Gasteiger partial charge in [-0.2, -0.15) is 0 Å². The van der Waals surface area contributed by atoms with Crippen molar-refractivity contribution in [1.82, 2.24) is 14.5 Å². The molecule has 0 bridgehead atoms. The summed E-state index contributed by atoms with van der Waals surface area (Å²) in [5, 5.41) is 19.0. The van der Waals surface area contributed by atoms with E-state index in [1.165, 1.54) is 18.5 Å². The minimum absolute atomic E-state index is 0.0263. The molecule has 10 nitrogen and oxygen atoms in total. The Kier molecular flexibility index (Phi) is 6.89. The lowest BCUT2D eigenvalue weighted by molar-refractivity contribution is 0.0214. The van der Waals surface area contributed by atoms with Crippen molar-refractivity contribution >= 4 is 35.7 Å². The third-order valence-electron chi connectivity index (χ3n) is 5.14. The Labute approximate surface area is 185 Å². The average molecular weight is 445 g/mol. The van der Waals surface area contributed by atoms with E-state index in [0.717, 1.165) is 12.8 Å². The number of likely N-dealkylation sites (tertiary alicyclic amines) is 1. The van der Waals surface area contributed by atoms with Crippen LogP contribution in [0, 0.1) is 0 Å². The van der Waals surface area contributed by atoms with Gasteiger partial charge in [-0.25, -0.2) is 14.6 Å². The molecule has 1 atom stereocenters. The molecule has 3 heterocycles. The molecule has 172 valence electrons. The number of aromatic nitrogens is 2. The van der Waals surface area contributed by atoms with E-state index in [4.69, 9.17) is 9.47 Å². The van der Waals surface area contributed by atoms with Crippen molar-refractivity contribution in [3.63, 3.8) is 0 Å². The number of hydrogen-bond donors (Lipinski definition) is 2. The summed E-state index contributed by atoms with van der Waals surface area (Å²) < 4.78 is 12.2. The molecule has 32 heavy (non-hydrogen) atoms. The van der Waals surface area contributed by atoms with Crippen LogP contribution in [-0.2, 0) is 16.0 Å². The van der Waals surface area contributed by atoms with Gasteiger partial charge in [0.05, 0.1) is 18.0 Å². The van der Waals surface area contributed by atoms with Crippen LogP contribution in [0.25, 0.3) is 11.0 Å². The first-order chi connectivity index (χ1) is 15.0. The highest BCUT2D eigenvalue weighted by molar-refractivity contribution is 6.58. The highest BCUT2D eigenvalue weighted by atomic mass is 16.6.